The van der Waals surface area contributed by atoms with Crippen molar-refractivity contribution >= 4 is 29.2 Å². The Kier molecular flexibility index (Phi) is 5.54. The topological polar surface area (TPSA) is 60.2 Å². The summed E-state index contributed by atoms with van der Waals surface area (Å²) in [7, 11) is 1.66. The molecule has 0 spiro atoms. The third-order valence-corrected chi connectivity index (χ3v) is 5.59. The van der Waals surface area contributed by atoms with Crippen molar-refractivity contribution in [3.63, 3.8) is 0 Å². The summed E-state index contributed by atoms with van der Waals surface area (Å²) in [5.74, 6) is 0.193. The van der Waals surface area contributed by atoms with E-state index in [0.717, 1.165) is 5.56 Å². The lowest BCUT2D eigenvalue weighted by Crippen LogP contribution is -2.41. The smallest absolute Gasteiger partial charge is 0.255 e. The minimum absolute atomic E-state index is 0.149. The van der Waals surface area contributed by atoms with Gasteiger partial charge >= 0.3 is 0 Å². The summed E-state index contributed by atoms with van der Waals surface area (Å²) >= 11 is 12.3. The average Bonchev–Trinajstić information content (AvgIpc) is 2.73. The zero-order valence-electron chi connectivity index (χ0n) is 15.5. The number of morpholine rings is 1. The number of hydrogen-bond donors (Lipinski definition) is 0. The monoisotopic (exact) mass is 434 g/mol. The summed E-state index contributed by atoms with van der Waals surface area (Å²) < 4.78 is 20.6. The second kappa shape index (κ2) is 8.10. The van der Waals surface area contributed by atoms with Crippen LogP contribution < -0.4 is 10.5 Å². The number of hydrogen-bond acceptors (Lipinski definition) is 5. The van der Waals surface area contributed by atoms with Crippen LogP contribution in [0.25, 0.3) is 11.3 Å². The predicted octanol–water partition coefficient (Wildman–Crippen LogP) is 3.87. The molecule has 3 heterocycles. The maximum Gasteiger partial charge on any atom is 0.255 e. The fourth-order valence-electron chi connectivity index (χ4n) is 3.27. The highest BCUT2D eigenvalue weighted by molar-refractivity contribution is 6.42. The SMILES string of the molecule is Cn1c(N2CCO[C@@H](c3ccc(F)cc3)C2)nc(-c2ccnc(Cl)c2Cl)cc1=O. The number of aromatic nitrogens is 3. The molecule has 1 atom stereocenters. The molecular weight excluding hydrogens is 418 g/mol. The van der Waals surface area contributed by atoms with E-state index >= 15 is 0 Å². The van der Waals surface area contributed by atoms with Gasteiger partial charge in [0.25, 0.3) is 5.56 Å². The molecule has 1 aromatic carbocycles. The van der Waals surface area contributed by atoms with Crippen LogP contribution in [-0.4, -0.2) is 34.2 Å². The minimum atomic E-state index is -0.300. The summed E-state index contributed by atoms with van der Waals surface area (Å²) in [6.45, 7) is 1.48. The van der Waals surface area contributed by atoms with E-state index in [1.54, 1.807) is 25.2 Å². The van der Waals surface area contributed by atoms with Crippen LogP contribution in [-0.2, 0) is 11.8 Å². The Hall–Kier alpha value is -2.48. The van der Waals surface area contributed by atoms with Crippen molar-refractivity contribution < 1.29 is 9.13 Å². The molecule has 150 valence electrons. The quantitative estimate of drug-likeness (QED) is 0.585. The highest BCUT2D eigenvalue weighted by atomic mass is 35.5. The van der Waals surface area contributed by atoms with Crippen LogP contribution in [0.15, 0.2) is 47.4 Å². The summed E-state index contributed by atoms with van der Waals surface area (Å²) in [6.07, 6.45) is 1.26. The van der Waals surface area contributed by atoms with Crippen molar-refractivity contribution in [1.29, 1.82) is 0 Å². The molecule has 1 aliphatic heterocycles. The van der Waals surface area contributed by atoms with Crippen molar-refractivity contribution in [3.05, 3.63) is 74.5 Å². The van der Waals surface area contributed by atoms with Crippen LogP contribution in [0.3, 0.4) is 0 Å². The maximum atomic E-state index is 13.2. The van der Waals surface area contributed by atoms with Crippen molar-refractivity contribution in [2.24, 2.45) is 7.05 Å². The molecule has 0 bridgehead atoms. The molecule has 0 unspecified atom stereocenters. The Balaban J connectivity index is 1.70. The second-order valence-electron chi connectivity index (χ2n) is 6.66. The third-order valence-electron chi connectivity index (χ3n) is 4.82. The second-order valence-corrected chi connectivity index (χ2v) is 7.39. The Morgan fingerprint density at radius 2 is 1.97 bits per heavy atom. The van der Waals surface area contributed by atoms with Crippen molar-refractivity contribution in [1.82, 2.24) is 14.5 Å². The summed E-state index contributed by atoms with van der Waals surface area (Å²) in [5, 5.41) is 0.392. The van der Waals surface area contributed by atoms with E-state index in [-0.39, 0.29) is 27.7 Å². The maximum absolute atomic E-state index is 13.2. The molecule has 0 amide bonds. The van der Waals surface area contributed by atoms with Gasteiger partial charge in [0.2, 0.25) is 5.95 Å². The molecule has 6 nitrogen and oxygen atoms in total. The lowest BCUT2D eigenvalue weighted by Gasteiger charge is -2.34. The first-order valence-electron chi connectivity index (χ1n) is 8.94. The first kappa shape index (κ1) is 19.8. The number of benzene rings is 1. The van der Waals surface area contributed by atoms with Crippen LogP contribution in [0.5, 0.6) is 0 Å². The lowest BCUT2D eigenvalue weighted by molar-refractivity contribution is 0.0389. The molecule has 3 aromatic rings. The van der Waals surface area contributed by atoms with E-state index in [0.29, 0.717) is 36.9 Å². The van der Waals surface area contributed by atoms with Gasteiger partial charge in [-0.3, -0.25) is 9.36 Å². The van der Waals surface area contributed by atoms with E-state index < -0.39 is 0 Å². The van der Waals surface area contributed by atoms with Gasteiger partial charge in [-0.25, -0.2) is 14.4 Å². The zero-order valence-corrected chi connectivity index (χ0v) is 17.0. The van der Waals surface area contributed by atoms with E-state index in [4.69, 9.17) is 27.9 Å². The van der Waals surface area contributed by atoms with Crippen LogP contribution >= 0.6 is 23.2 Å². The van der Waals surface area contributed by atoms with Crippen LogP contribution in [0.2, 0.25) is 10.2 Å². The van der Waals surface area contributed by atoms with Gasteiger partial charge < -0.3 is 9.64 Å². The number of pyridine rings is 1. The van der Waals surface area contributed by atoms with E-state index in [9.17, 15) is 9.18 Å². The number of halogens is 3. The normalized spacial score (nSPS) is 16.8. The van der Waals surface area contributed by atoms with E-state index in [2.05, 4.69) is 9.97 Å². The molecule has 0 N–H and O–H groups in total. The standard InChI is InChI=1S/C20H17Cl2FN4O2/c1-26-17(28)10-15(14-6-7-24-19(22)18(14)21)25-20(26)27-8-9-29-16(11-27)12-2-4-13(23)5-3-12/h2-7,10,16H,8-9,11H2,1H3/t16-/m1/s1. The zero-order chi connectivity index (χ0) is 20.5. The average molecular weight is 435 g/mol. The summed E-state index contributed by atoms with van der Waals surface area (Å²) in [6, 6.07) is 9.29. The molecule has 1 saturated heterocycles. The van der Waals surface area contributed by atoms with Gasteiger partial charge in [0.1, 0.15) is 17.1 Å². The van der Waals surface area contributed by atoms with Gasteiger partial charge in [0, 0.05) is 31.4 Å². The molecular formula is C20H17Cl2FN4O2. The number of rotatable bonds is 3. The van der Waals surface area contributed by atoms with E-state index in [1.807, 2.05) is 4.90 Å². The predicted molar refractivity (Wildman–Crippen MR) is 110 cm³/mol. The third kappa shape index (κ3) is 3.99. The summed E-state index contributed by atoms with van der Waals surface area (Å²) in [5.41, 5.74) is 1.59. The van der Waals surface area contributed by atoms with Gasteiger partial charge in [0.05, 0.1) is 23.9 Å². The van der Waals surface area contributed by atoms with E-state index in [1.165, 1.54) is 29.0 Å². The molecule has 1 fully saturated rings. The summed E-state index contributed by atoms with van der Waals surface area (Å²) in [4.78, 5) is 23.2. The molecule has 9 heteroatoms. The van der Waals surface area contributed by atoms with Gasteiger partial charge in [-0.05, 0) is 23.8 Å². The Morgan fingerprint density at radius 1 is 1.21 bits per heavy atom. The molecule has 2 aromatic heterocycles. The van der Waals surface area contributed by atoms with Crippen LogP contribution in [0.4, 0.5) is 10.3 Å². The van der Waals surface area contributed by atoms with Crippen LogP contribution in [0.1, 0.15) is 11.7 Å². The molecule has 0 radical (unpaired) electrons. The Morgan fingerprint density at radius 3 is 2.72 bits per heavy atom. The van der Waals surface area contributed by atoms with Crippen molar-refractivity contribution in [2.45, 2.75) is 6.10 Å². The van der Waals surface area contributed by atoms with Crippen molar-refractivity contribution in [3.8, 4) is 11.3 Å². The molecule has 4 rings (SSSR count). The highest BCUT2D eigenvalue weighted by Gasteiger charge is 2.25. The van der Waals surface area contributed by atoms with Gasteiger partial charge in [-0.2, -0.15) is 0 Å². The Bertz CT molecular complexity index is 1100. The minimum Gasteiger partial charge on any atom is -0.370 e. The first-order chi connectivity index (χ1) is 13.9. The number of ether oxygens (including phenoxy) is 1. The largest absolute Gasteiger partial charge is 0.370 e. The Labute approximate surface area is 176 Å². The molecule has 0 aliphatic carbocycles. The first-order valence-corrected chi connectivity index (χ1v) is 9.70. The van der Waals surface area contributed by atoms with Crippen molar-refractivity contribution in [2.75, 3.05) is 24.6 Å². The number of anilines is 1. The fourth-order valence-corrected chi connectivity index (χ4v) is 3.64. The van der Waals surface area contributed by atoms with Gasteiger partial charge in [-0.15, -0.1) is 0 Å². The van der Waals surface area contributed by atoms with Gasteiger partial charge in [-0.1, -0.05) is 35.3 Å². The fraction of sp³-hybridized carbons (Fsp3) is 0.250. The highest BCUT2D eigenvalue weighted by Crippen LogP contribution is 2.32. The molecule has 0 saturated carbocycles. The van der Waals surface area contributed by atoms with Gasteiger partial charge in [0.15, 0.2) is 0 Å². The molecule has 29 heavy (non-hydrogen) atoms. The lowest BCUT2D eigenvalue weighted by atomic mass is 10.1. The van der Waals surface area contributed by atoms with Crippen LogP contribution in [0, 0.1) is 5.82 Å². The number of nitrogens with zero attached hydrogens (tertiary/aromatic N) is 4. The molecule has 1 aliphatic rings.